The number of benzene rings is 2. The molecule has 6 rings (SSSR count). The quantitative estimate of drug-likeness (QED) is 0.349. The van der Waals surface area contributed by atoms with Crippen molar-refractivity contribution in [1.29, 1.82) is 0 Å². The number of amides is 1. The van der Waals surface area contributed by atoms with E-state index in [4.69, 9.17) is 4.98 Å². The highest BCUT2D eigenvalue weighted by Gasteiger charge is 2.24. The number of fused-ring (bicyclic) bond motifs is 2. The van der Waals surface area contributed by atoms with Gasteiger partial charge in [-0.25, -0.2) is 19.5 Å². The zero-order valence-corrected chi connectivity index (χ0v) is 21.7. The number of nitrogens with zero attached hydrogens (tertiary/aromatic N) is 6. The summed E-state index contributed by atoms with van der Waals surface area (Å²) in [6, 6.07) is 21.2. The molecule has 194 valence electrons. The molecule has 9 heteroatoms. The minimum Gasteiger partial charge on any atom is -0.342 e. The van der Waals surface area contributed by atoms with E-state index < -0.39 is 6.04 Å². The first-order valence-corrected chi connectivity index (χ1v) is 12.7. The highest BCUT2D eigenvalue weighted by Crippen LogP contribution is 2.21. The van der Waals surface area contributed by atoms with Crippen LogP contribution in [0.4, 0.5) is 0 Å². The summed E-state index contributed by atoms with van der Waals surface area (Å²) in [6.07, 6.45) is 5.02. The summed E-state index contributed by atoms with van der Waals surface area (Å²) < 4.78 is 3.09. The average Bonchev–Trinajstić information content (AvgIpc) is 3.32. The fourth-order valence-electron chi connectivity index (χ4n) is 4.63. The van der Waals surface area contributed by atoms with Gasteiger partial charge in [-0.15, -0.1) is 0 Å². The number of hydrogen-bond donors (Lipinski definition) is 1. The number of carbonyl (C=O) groups is 1. The minimum atomic E-state index is -0.633. The van der Waals surface area contributed by atoms with Crippen molar-refractivity contribution in [2.75, 3.05) is 0 Å². The van der Waals surface area contributed by atoms with Gasteiger partial charge < -0.3 is 5.32 Å². The molecule has 0 saturated heterocycles. The molecule has 2 aromatic carbocycles. The van der Waals surface area contributed by atoms with Gasteiger partial charge in [-0.05, 0) is 62.2 Å². The predicted molar refractivity (Wildman–Crippen MR) is 151 cm³/mol. The molecule has 0 fully saturated rings. The van der Waals surface area contributed by atoms with Crippen molar-refractivity contribution >= 4 is 22.5 Å². The van der Waals surface area contributed by atoms with Gasteiger partial charge in [-0.1, -0.05) is 36.3 Å². The van der Waals surface area contributed by atoms with Crippen molar-refractivity contribution in [2.45, 2.75) is 19.9 Å². The summed E-state index contributed by atoms with van der Waals surface area (Å²) in [4.78, 5) is 41.0. The second kappa shape index (κ2) is 10.3. The van der Waals surface area contributed by atoms with Crippen molar-refractivity contribution in [3.05, 3.63) is 130 Å². The molecule has 0 aliphatic heterocycles. The van der Waals surface area contributed by atoms with Crippen LogP contribution in [0.3, 0.4) is 0 Å². The third kappa shape index (κ3) is 4.48. The molecular formula is C31H23N7O2. The molecule has 6 aromatic rings. The monoisotopic (exact) mass is 525 g/mol. The topological polar surface area (TPSA) is 107 Å². The molecule has 1 unspecified atom stereocenters. The number of pyridine rings is 1. The van der Waals surface area contributed by atoms with E-state index in [0.29, 0.717) is 50.6 Å². The molecule has 40 heavy (non-hydrogen) atoms. The Balaban J connectivity index is 1.48. The van der Waals surface area contributed by atoms with Gasteiger partial charge in [-0.2, -0.15) is 5.10 Å². The lowest BCUT2D eigenvalue weighted by atomic mass is 10.1. The molecule has 0 aliphatic rings. The van der Waals surface area contributed by atoms with Crippen LogP contribution >= 0.6 is 0 Å². The maximum atomic E-state index is 14.1. The maximum absolute atomic E-state index is 14.1. The highest BCUT2D eigenvalue weighted by molar-refractivity contribution is 6.01. The van der Waals surface area contributed by atoms with Crippen LogP contribution in [0.15, 0.2) is 96.2 Å². The number of aromatic nitrogens is 6. The number of carbonyl (C=O) groups excluding carboxylic acids is 1. The molecule has 1 N–H and O–H groups in total. The molecular weight excluding hydrogens is 502 g/mol. The number of aryl methyl sites for hydroxylation is 1. The first-order chi connectivity index (χ1) is 19.5. The fourth-order valence-corrected chi connectivity index (χ4v) is 4.63. The van der Waals surface area contributed by atoms with Gasteiger partial charge in [0, 0.05) is 24.2 Å². The molecule has 0 spiro atoms. The number of rotatable bonds is 4. The van der Waals surface area contributed by atoms with Gasteiger partial charge >= 0.3 is 0 Å². The summed E-state index contributed by atoms with van der Waals surface area (Å²) in [5, 5.41) is 7.78. The largest absolute Gasteiger partial charge is 0.342 e. The van der Waals surface area contributed by atoms with Gasteiger partial charge in [0.15, 0.2) is 5.65 Å². The summed E-state index contributed by atoms with van der Waals surface area (Å²) in [6.45, 7) is 3.56. The first-order valence-electron chi connectivity index (χ1n) is 12.7. The SMILES string of the molecule is Cc1nn2cccnc2c1C(=O)NC(C)c1nc2cccc(C#Cc3ccccn3)c2c(=O)n1-c1ccccc1. The van der Waals surface area contributed by atoms with Crippen molar-refractivity contribution in [3.8, 4) is 17.5 Å². The minimum absolute atomic E-state index is 0.285. The zero-order valence-electron chi connectivity index (χ0n) is 21.7. The first kappa shape index (κ1) is 24.7. The van der Waals surface area contributed by atoms with Crippen LogP contribution in [0.5, 0.6) is 0 Å². The molecule has 0 bridgehead atoms. The Morgan fingerprint density at radius 2 is 1.73 bits per heavy atom. The second-order valence-corrected chi connectivity index (χ2v) is 9.15. The van der Waals surface area contributed by atoms with Crippen molar-refractivity contribution in [1.82, 2.24) is 34.4 Å². The summed E-state index contributed by atoms with van der Waals surface area (Å²) in [5.41, 5.74) is 3.33. The maximum Gasteiger partial charge on any atom is 0.267 e. The Hall–Kier alpha value is -5.62. The zero-order chi connectivity index (χ0) is 27.6. The average molecular weight is 526 g/mol. The predicted octanol–water partition coefficient (Wildman–Crippen LogP) is 4.02. The van der Waals surface area contributed by atoms with E-state index in [1.165, 1.54) is 4.57 Å². The molecule has 0 saturated carbocycles. The molecule has 0 radical (unpaired) electrons. The third-order valence-electron chi connectivity index (χ3n) is 6.46. The van der Waals surface area contributed by atoms with E-state index in [9.17, 15) is 9.59 Å². The van der Waals surface area contributed by atoms with Crippen LogP contribution in [0, 0.1) is 18.8 Å². The van der Waals surface area contributed by atoms with E-state index in [1.54, 1.807) is 55.2 Å². The Morgan fingerprint density at radius 1 is 0.925 bits per heavy atom. The molecule has 1 amide bonds. The van der Waals surface area contributed by atoms with E-state index >= 15 is 0 Å². The molecule has 9 nitrogen and oxygen atoms in total. The Kier molecular flexibility index (Phi) is 6.34. The van der Waals surface area contributed by atoms with Gasteiger partial charge in [-0.3, -0.25) is 14.2 Å². The van der Waals surface area contributed by atoms with Crippen LogP contribution in [-0.2, 0) is 0 Å². The van der Waals surface area contributed by atoms with Crippen LogP contribution in [0.2, 0.25) is 0 Å². The normalized spacial score (nSPS) is 11.7. The van der Waals surface area contributed by atoms with Crippen LogP contribution < -0.4 is 10.9 Å². The van der Waals surface area contributed by atoms with Crippen LogP contribution in [-0.4, -0.2) is 35.0 Å². The van der Waals surface area contributed by atoms with Gasteiger partial charge in [0.25, 0.3) is 11.5 Å². The van der Waals surface area contributed by atoms with Crippen LogP contribution in [0.25, 0.3) is 22.2 Å². The number of hydrogen-bond acceptors (Lipinski definition) is 6. The molecule has 0 aliphatic carbocycles. The smallest absolute Gasteiger partial charge is 0.267 e. The molecule has 4 heterocycles. The lowest BCUT2D eigenvalue weighted by Crippen LogP contribution is -2.33. The van der Waals surface area contributed by atoms with Gasteiger partial charge in [0.2, 0.25) is 0 Å². The molecule has 4 aromatic heterocycles. The lowest BCUT2D eigenvalue weighted by molar-refractivity contribution is 0.0938. The van der Waals surface area contributed by atoms with Crippen LogP contribution in [0.1, 0.15) is 46.1 Å². The second-order valence-electron chi connectivity index (χ2n) is 9.15. The van der Waals surface area contributed by atoms with E-state index in [1.807, 2.05) is 54.6 Å². The Morgan fingerprint density at radius 3 is 2.52 bits per heavy atom. The summed E-state index contributed by atoms with van der Waals surface area (Å²) in [5.74, 6) is 6.15. The van der Waals surface area contributed by atoms with E-state index in [2.05, 4.69) is 32.2 Å². The highest BCUT2D eigenvalue weighted by atomic mass is 16.2. The number of nitrogens with one attached hydrogen (secondary N) is 1. The summed E-state index contributed by atoms with van der Waals surface area (Å²) in [7, 11) is 0. The standard InChI is InChI=1S/C31H23N7O2/c1-20-26(29-33-18-9-19-37(29)36-20)30(39)34-21(2)28-35-25-14-8-10-22(15-16-23-11-6-7-17-32-23)27(25)31(40)38(28)24-12-4-3-5-13-24/h3-14,17-19,21H,1-2H3,(H,34,39). The third-order valence-corrected chi connectivity index (χ3v) is 6.46. The van der Waals surface area contributed by atoms with Gasteiger partial charge in [0.1, 0.15) is 17.1 Å². The summed E-state index contributed by atoms with van der Waals surface area (Å²) >= 11 is 0. The lowest BCUT2D eigenvalue weighted by Gasteiger charge is -2.20. The Labute approximate surface area is 229 Å². The van der Waals surface area contributed by atoms with E-state index in [-0.39, 0.29) is 11.5 Å². The Bertz CT molecular complexity index is 2000. The fraction of sp³-hybridized carbons (Fsp3) is 0.0968. The van der Waals surface area contributed by atoms with E-state index in [0.717, 1.165) is 0 Å². The van der Waals surface area contributed by atoms with Crippen molar-refractivity contribution in [2.24, 2.45) is 0 Å². The van der Waals surface area contributed by atoms with Crippen molar-refractivity contribution < 1.29 is 4.79 Å². The van der Waals surface area contributed by atoms with Crippen molar-refractivity contribution in [3.63, 3.8) is 0 Å². The number of para-hydroxylation sites is 1. The molecule has 1 atom stereocenters. The van der Waals surface area contributed by atoms with Gasteiger partial charge in [0.05, 0.1) is 28.3 Å².